The van der Waals surface area contributed by atoms with E-state index in [2.05, 4.69) is 11.1 Å². The summed E-state index contributed by atoms with van der Waals surface area (Å²) in [6.07, 6.45) is 1.63. The Kier molecular flexibility index (Phi) is 5.23. The first kappa shape index (κ1) is 18.7. The lowest BCUT2D eigenvalue weighted by Crippen LogP contribution is -2.23. The van der Waals surface area contributed by atoms with E-state index in [0.717, 1.165) is 5.56 Å². The molecule has 2 N–H and O–H groups in total. The molecule has 0 spiro atoms. The van der Waals surface area contributed by atoms with E-state index < -0.39 is 16.7 Å². The topological polar surface area (TPSA) is 89.0 Å². The Morgan fingerprint density at radius 2 is 1.62 bits per heavy atom. The molecule has 2 unspecified atom stereocenters. The Hall–Kier alpha value is -3.69. The van der Waals surface area contributed by atoms with Gasteiger partial charge in [0.15, 0.2) is 5.76 Å². The fourth-order valence-corrected chi connectivity index (χ4v) is 4.68. The zero-order valence-corrected chi connectivity index (χ0v) is 16.2. The van der Waals surface area contributed by atoms with Crippen molar-refractivity contribution in [1.82, 2.24) is 4.98 Å². The summed E-state index contributed by atoms with van der Waals surface area (Å²) >= 11 is 0. The van der Waals surface area contributed by atoms with E-state index in [1.54, 1.807) is 30.5 Å². The van der Waals surface area contributed by atoms with Crippen LogP contribution in [0.3, 0.4) is 0 Å². The van der Waals surface area contributed by atoms with E-state index in [0.29, 0.717) is 21.3 Å². The average Bonchev–Trinajstić information content (AvgIpc) is 2.79. The number of hydrogen-bond acceptors (Lipinski definition) is 5. The molecule has 1 aliphatic heterocycles. The van der Waals surface area contributed by atoms with Crippen molar-refractivity contribution in [3.8, 4) is 6.07 Å². The summed E-state index contributed by atoms with van der Waals surface area (Å²) in [5.41, 5.74) is 7.67. The van der Waals surface area contributed by atoms with Gasteiger partial charge in [-0.05, 0) is 29.8 Å². The van der Waals surface area contributed by atoms with Crippen molar-refractivity contribution in [2.24, 2.45) is 5.73 Å². The molecular weight excluding hydrogens is 382 g/mol. The van der Waals surface area contributed by atoms with Crippen molar-refractivity contribution in [3.05, 3.63) is 113 Å². The van der Waals surface area contributed by atoms with Gasteiger partial charge >= 0.3 is 0 Å². The van der Waals surface area contributed by atoms with Crippen molar-refractivity contribution in [3.63, 3.8) is 0 Å². The molecule has 5 nitrogen and oxygen atoms in total. The number of pyridine rings is 1. The highest BCUT2D eigenvalue weighted by atomic mass is 32.2. The third-order valence-electron chi connectivity index (χ3n) is 4.56. The maximum atomic E-state index is 13.7. The summed E-state index contributed by atoms with van der Waals surface area (Å²) in [7, 11) is -1.59. The zero-order chi connectivity index (χ0) is 20.2. The summed E-state index contributed by atoms with van der Waals surface area (Å²) in [4.78, 5) is 5.42. The van der Waals surface area contributed by atoms with Crippen LogP contribution in [0.2, 0.25) is 0 Å². The second-order valence-corrected chi connectivity index (χ2v) is 7.77. The molecule has 0 bridgehead atoms. The van der Waals surface area contributed by atoms with E-state index in [1.807, 2.05) is 54.6 Å². The molecule has 0 fully saturated rings. The first-order valence-electron chi connectivity index (χ1n) is 8.95. The molecule has 2 atom stereocenters. The Morgan fingerprint density at radius 3 is 2.24 bits per heavy atom. The number of nitriles is 1. The number of hydrogen-bond donors (Lipinski definition) is 1. The maximum Gasteiger partial charge on any atom is 0.205 e. The standard InChI is InChI=1S/C23H17N3O2S/c24-15-18-20(16-9-3-1-4-10-16)22(29(27)17-11-5-2-6-12-17)21(28-23(18)25)19-13-7-8-14-26-19/h1-14,20H,25H2. The van der Waals surface area contributed by atoms with E-state index in [-0.39, 0.29) is 11.5 Å². The van der Waals surface area contributed by atoms with Crippen molar-refractivity contribution in [2.75, 3.05) is 0 Å². The number of aromatic nitrogens is 1. The van der Waals surface area contributed by atoms with Crippen LogP contribution in [-0.4, -0.2) is 9.19 Å². The average molecular weight is 399 g/mol. The monoisotopic (exact) mass is 399 g/mol. The van der Waals surface area contributed by atoms with Crippen LogP contribution in [0.5, 0.6) is 0 Å². The highest BCUT2D eigenvalue weighted by Gasteiger charge is 2.37. The molecule has 1 aliphatic rings. The number of benzene rings is 2. The molecule has 6 heteroatoms. The van der Waals surface area contributed by atoms with Crippen molar-refractivity contribution in [1.29, 1.82) is 5.26 Å². The number of nitrogens with zero attached hydrogens (tertiary/aromatic N) is 2. The molecule has 142 valence electrons. The van der Waals surface area contributed by atoms with Crippen LogP contribution in [0.1, 0.15) is 17.2 Å². The lowest BCUT2D eigenvalue weighted by Gasteiger charge is -2.28. The highest BCUT2D eigenvalue weighted by Crippen LogP contribution is 2.44. The first-order chi connectivity index (χ1) is 14.2. The maximum absolute atomic E-state index is 13.7. The van der Waals surface area contributed by atoms with Crippen LogP contribution in [-0.2, 0) is 15.5 Å². The van der Waals surface area contributed by atoms with E-state index >= 15 is 0 Å². The van der Waals surface area contributed by atoms with E-state index in [1.165, 1.54) is 0 Å². The van der Waals surface area contributed by atoms with Crippen molar-refractivity contribution < 1.29 is 8.95 Å². The third-order valence-corrected chi connectivity index (χ3v) is 6.08. The minimum atomic E-state index is -1.59. The summed E-state index contributed by atoms with van der Waals surface area (Å²) in [5, 5.41) is 9.82. The molecule has 0 radical (unpaired) electrons. The Morgan fingerprint density at radius 1 is 0.966 bits per heavy atom. The van der Waals surface area contributed by atoms with Gasteiger partial charge < -0.3 is 10.5 Å². The van der Waals surface area contributed by atoms with Crippen LogP contribution in [0, 0.1) is 11.3 Å². The number of nitrogens with two attached hydrogens (primary N) is 1. The van der Waals surface area contributed by atoms with Gasteiger partial charge in [-0.1, -0.05) is 54.6 Å². The van der Waals surface area contributed by atoms with Crippen LogP contribution in [0.25, 0.3) is 5.76 Å². The van der Waals surface area contributed by atoms with Gasteiger partial charge in [0.2, 0.25) is 5.88 Å². The molecule has 1 aromatic heterocycles. The van der Waals surface area contributed by atoms with Crippen LogP contribution < -0.4 is 5.73 Å². The first-order valence-corrected chi connectivity index (χ1v) is 10.1. The molecule has 2 heterocycles. The summed E-state index contributed by atoms with van der Waals surface area (Å²) in [6.45, 7) is 0. The summed E-state index contributed by atoms with van der Waals surface area (Å²) in [6, 6.07) is 26.0. The fourth-order valence-electron chi connectivity index (χ4n) is 3.24. The minimum Gasteiger partial charge on any atom is -0.437 e. The quantitative estimate of drug-likeness (QED) is 0.714. The Labute approximate surface area is 171 Å². The SMILES string of the molecule is N#CC1=C(N)OC(c2ccccn2)=C(S(=O)c2ccccc2)C1c1ccccc1. The molecule has 0 saturated carbocycles. The van der Waals surface area contributed by atoms with E-state index in [4.69, 9.17) is 10.5 Å². The fraction of sp³-hybridized carbons (Fsp3) is 0.0435. The molecule has 0 amide bonds. The third kappa shape index (κ3) is 3.56. The van der Waals surface area contributed by atoms with Gasteiger partial charge in [-0.25, -0.2) is 4.21 Å². The molecule has 0 saturated heterocycles. The second kappa shape index (κ2) is 8.13. The molecule has 0 aliphatic carbocycles. The predicted molar refractivity (Wildman–Crippen MR) is 111 cm³/mol. The van der Waals surface area contributed by atoms with Gasteiger partial charge in [-0.2, -0.15) is 5.26 Å². The minimum absolute atomic E-state index is 0.00387. The molecule has 2 aromatic carbocycles. The molecule has 3 aromatic rings. The van der Waals surface area contributed by atoms with Crippen molar-refractivity contribution >= 4 is 16.6 Å². The lowest BCUT2D eigenvalue weighted by atomic mass is 9.89. The predicted octanol–water partition coefficient (Wildman–Crippen LogP) is 4.07. The lowest BCUT2D eigenvalue weighted by molar-refractivity contribution is 0.357. The number of ether oxygens (including phenoxy) is 1. The number of allylic oxidation sites excluding steroid dienone is 2. The highest BCUT2D eigenvalue weighted by molar-refractivity contribution is 7.89. The molecule has 4 rings (SSSR count). The van der Waals surface area contributed by atoms with Crippen LogP contribution >= 0.6 is 0 Å². The van der Waals surface area contributed by atoms with E-state index in [9.17, 15) is 9.47 Å². The normalized spacial score (nSPS) is 17.4. The largest absolute Gasteiger partial charge is 0.437 e. The van der Waals surface area contributed by atoms with Gasteiger partial charge in [0.05, 0.1) is 21.6 Å². The summed E-state index contributed by atoms with van der Waals surface area (Å²) in [5.74, 6) is -0.290. The van der Waals surface area contributed by atoms with Crippen LogP contribution in [0.4, 0.5) is 0 Å². The molecule has 29 heavy (non-hydrogen) atoms. The Balaban J connectivity index is 2.00. The van der Waals surface area contributed by atoms with Gasteiger partial charge in [0, 0.05) is 11.1 Å². The van der Waals surface area contributed by atoms with Gasteiger partial charge in [0.25, 0.3) is 0 Å². The smallest absolute Gasteiger partial charge is 0.205 e. The van der Waals surface area contributed by atoms with Gasteiger partial charge in [0.1, 0.15) is 17.3 Å². The van der Waals surface area contributed by atoms with Gasteiger partial charge in [-0.3, -0.25) is 4.98 Å². The summed E-state index contributed by atoms with van der Waals surface area (Å²) < 4.78 is 19.5. The van der Waals surface area contributed by atoms with Gasteiger partial charge in [-0.15, -0.1) is 0 Å². The van der Waals surface area contributed by atoms with Crippen molar-refractivity contribution in [2.45, 2.75) is 10.8 Å². The van der Waals surface area contributed by atoms with Crippen LogP contribution in [0.15, 0.2) is 106 Å². The number of rotatable bonds is 4. The Bertz CT molecular complexity index is 1150. The zero-order valence-electron chi connectivity index (χ0n) is 15.4. The second-order valence-electron chi connectivity index (χ2n) is 6.33. The molecular formula is C23H17N3O2S.